The fraction of sp³-hybridized carbons (Fsp3) is 0.286. The predicted octanol–water partition coefficient (Wildman–Crippen LogP) is 3.39. The molecule has 0 saturated heterocycles. The number of aryl methyl sites for hydroxylation is 1. The molecule has 0 bridgehead atoms. The molecule has 106 valence electrons. The molecule has 0 aliphatic heterocycles. The van der Waals surface area contributed by atoms with Crippen LogP contribution >= 0.6 is 23.1 Å². The maximum atomic E-state index is 12.8. The van der Waals surface area contributed by atoms with Gasteiger partial charge in [-0.2, -0.15) is 0 Å². The number of aromatic nitrogens is 1. The number of benzene rings is 1. The van der Waals surface area contributed by atoms with Crippen LogP contribution in [0.5, 0.6) is 0 Å². The Morgan fingerprint density at radius 3 is 2.75 bits per heavy atom. The fourth-order valence-corrected chi connectivity index (χ4v) is 3.54. The van der Waals surface area contributed by atoms with Gasteiger partial charge in [-0.15, -0.1) is 11.3 Å². The first-order chi connectivity index (χ1) is 9.54. The number of halogens is 1. The lowest BCUT2D eigenvalue weighted by Gasteiger charge is -2.10. The minimum atomic E-state index is -0.275. The summed E-state index contributed by atoms with van der Waals surface area (Å²) in [5, 5.41) is 4.60. The van der Waals surface area contributed by atoms with Crippen molar-refractivity contribution in [2.75, 3.05) is 0 Å². The molecule has 0 spiro atoms. The van der Waals surface area contributed by atoms with Crippen LogP contribution in [0.2, 0.25) is 0 Å². The summed E-state index contributed by atoms with van der Waals surface area (Å²) in [6.07, 6.45) is 0. The Labute approximate surface area is 125 Å². The van der Waals surface area contributed by atoms with Crippen molar-refractivity contribution < 1.29 is 9.18 Å². The summed E-state index contributed by atoms with van der Waals surface area (Å²) >= 11 is 2.99. The SMILES string of the molecule is Cc1csc(S[C@@H](C)C(=O)NCc2ccc(F)cc2)n1. The van der Waals surface area contributed by atoms with Crippen LogP contribution in [0.25, 0.3) is 0 Å². The highest BCUT2D eigenvalue weighted by Crippen LogP contribution is 2.26. The molecule has 0 unspecified atom stereocenters. The van der Waals surface area contributed by atoms with E-state index >= 15 is 0 Å². The van der Waals surface area contributed by atoms with Gasteiger partial charge in [0, 0.05) is 17.6 Å². The van der Waals surface area contributed by atoms with Gasteiger partial charge in [0.05, 0.1) is 5.25 Å². The number of nitrogens with one attached hydrogen (secondary N) is 1. The van der Waals surface area contributed by atoms with Gasteiger partial charge in [0.25, 0.3) is 0 Å². The second-order valence-electron chi connectivity index (χ2n) is 4.36. The number of rotatable bonds is 5. The standard InChI is InChI=1S/C14H15FN2OS2/c1-9-8-19-14(17-9)20-10(2)13(18)16-7-11-3-5-12(15)6-4-11/h3-6,8,10H,7H2,1-2H3,(H,16,18)/t10-/m0/s1. The van der Waals surface area contributed by atoms with Gasteiger partial charge in [0.2, 0.25) is 5.91 Å². The highest BCUT2D eigenvalue weighted by Gasteiger charge is 2.15. The lowest BCUT2D eigenvalue weighted by molar-refractivity contribution is -0.120. The Kier molecular flexibility index (Phi) is 5.14. The third-order valence-electron chi connectivity index (χ3n) is 2.62. The first-order valence-electron chi connectivity index (χ1n) is 6.15. The number of thioether (sulfide) groups is 1. The molecule has 1 heterocycles. The van der Waals surface area contributed by atoms with Crippen molar-refractivity contribution in [3.05, 3.63) is 46.7 Å². The van der Waals surface area contributed by atoms with Crippen molar-refractivity contribution in [1.82, 2.24) is 10.3 Å². The fourth-order valence-electron chi connectivity index (χ4n) is 1.53. The van der Waals surface area contributed by atoms with E-state index < -0.39 is 0 Å². The lowest BCUT2D eigenvalue weighted by Crippen LogP contribution is -2.30. The van der Waals surface area contributed by atoms with Crippen LogP contribution in [0.1, 0.15) is 18.2 Å². The van der Waals surface area contributed by atoms with E-state index in [1.165, 1.54) is 23.9 Å². The summed E-state index contributed by atoms with van der Waals surface area (Å²) in [6.45, 7) is 4.18. The molecule has 1 aromatic heterocycles. The van der Waals surface area contributed by atoms with Crippen LogP contribution < -0.4 is 5.32 Å². The molecule has 1 atom stereocenters. The molecular weight excluding hydrogens is 295 g/mol. The van der Waals surface area contributed by atoms with E-state index in [0.29, 0.717) is 6.54 Å². The van der Waals surface area contributed by atoms with Crippen molar-refractivity contribution >= 4 is 29.0 Å². The molecular formula is C14H15FN2OS2. The zero-order valence-electron chi connectivity index (χ0n) is 11.2. The number of thiazole rings is 1. The number of amides is 1. The summed E-state index contributed by atoms with van der Waals surface area (Å²) in [4.78, 5) is 16.3. The topological polar surface area (TPSA) is 42.0 Å². The predicted molar refractivity (Wildman–Crippen MR) is 80.4 cm³/mol. The van der Waals surface area contributed by atoms with E-state index in [9.17, 15) is 9.18 Å². The molecule has 0 fully saturated rings. The molecule has 0 radical (unpaired) electrons. The Balaban J connectivity index is 1.83. The summed E-state index contributed by atoms with van der Waals surface area (Å²) in [7, 11) is 0. The highest BCUT2D eigenvalue weighted by molar-refractivity contribution is 8.02. The largest absolute Gasteiger partial charge is 0.351 e. The van der Waals surface area contributed by atoms with E-state index in [2.05, 4.69) is 10.3 Å². The molecule has 0 saturated carbocycles. The van der Waals surface area contributed by atoms with Gasteiger partial charge in [0.1, 0.15) is 5.82 Å². The maximum Gasteiger partial charge on any atom is 0.233 e. The van der Waals surface area contributed by atoms with Gasteiger partial charge in [0.15, 0.2) is 4.34 Å². The van der Waals surface area contributed by atoms with Crippen LogP contribution in [0, 0.1) is 12.7 Å². The Hall–Kier alpha value is -1.40. The quantitative estimate of drug-likeness (QED) is 0.861. The van der Waals surface area contributed by atoms with Gasteiger partial charge in [-0.25, -0.2) is 9.37 Å². The summed E-state index contributed by atoms with van der Waals surface area (Å²) < 4.78 is 13.7. The summed E-state index contributed by atoms with van der Waals surface area (Å²) in [5.41, 5.74) is 1.85. The maximum absolute atomic E-state index is 12.8. The third-order valence-corrected chi connectivity index (χ3v) is 4.81. The Bertz CT molecular complexity index is 583. The monoisotopic (exact) mass is 310 g/mol. The van der Waals surface area contributed by atoms with Crippen molar-refractivity contribution in [3.8, 4) is 0 Å². The molecule has 1 amide bonds. The van der Waals surface area contributed by atoms with E-state index in [0.717, 1.165) is 15.6 Å². The average Bonchev–Trinajstić information content (AvgIpc) is 2.83. The third kappa shape index (κ3) is 4.31. The summed E-state index contributed by atoms with van der Waals surface area (Å²) in [5.74, 6) is -0.324. The Morgan fingerprint density at radius 2 is 2.15 bits per heavy atom. The zero-order chi connectivity index (χ0) is 14.5. The van der Waals surface area contributed by atoms with E-state index in [1.54, 1.807) is 23.5 Å². The average molecular weight is 310 g/mol. The smallest absolute Gasteiger partial charge is 0.233 e. The molecule has 1 N–H and O–H groups in total. The van der Waals surface area contributed by atoms with E-state index in [-0.39, 0.29) is 17.0 Å². The molecule has 6 heteroatoms. The van der Waals surface area contributed by atoms with Crippen molar-refractivity contribution in [2.45, 2.75) is 30.0 Å². The van der Waals surface area contributed by atoms with Gasteiger partial charge in [-0.05, 0) is 31.5 Å². The number of carbonyl (C=O) groups excluding carboxylic acids is 1. The zero-order valence-corrected chi connectivity index (χ0v) is 12.9. The molecule has 1 aromatic carbocycles. The van der Waals surface area contributed by atoms with Crippen molar-refractivity contribution in [1.29, 1.82) is 0 Å². The normalized spacial score (nSPS) is 12.2. The van der Waals surface area contributed by atoms with Gasteiger partial charge >= 0.3 is 0 Å². The second-order valence-corrected chi connectivity index (χ2v) is 6.81. The first-order valence-corrected chi connectivity index (χ1v) is 7.91. The number of hydrogen-bond acceptors (Lipinski definition) is 4. The number of hydrogen-bond donors (Lipinski definition) is 1. The molecule has 0 aliphatic carbocycles. The molecule has 0 aliphatic rings. The van der Waals surface area contributed by atoms with Crippen LogP contribution in [0.15, 0.2) is 34.0 Å². The number of nitrogens with zero attached hydrogens (tertiary/aromatic N) is 1. The van der Waals surface area contributed by atoms with E-state index in [1.807, 2.05) is 19.2 Å². The van der Waals surface area contributed by atoms with Crippen LogP contribution in [0.4, 0.5) is 4.39 Å². The summed E-state index contributed by atoms with van der Waals surface area (Å²) in [6, 6.07) is 6.10. The number of carbonyl (C=O) groups is 1. The second kappa shape index (κ2) is 6.85. The van der Waals surface area contributed by atoms with Gasteiger partial charge < -0.3 is 5.32 Å². The van der Waals surface area contributed by atoms with Crippen molar-refractivity contribution in [2.24, 2.45) is 0 Å². The lowest BCUT2D eigenvalue weighted by atomic mass is 10.2. The highest BCUT2D eigenvalue weighted by atomic mass is 32.2. The van der Waals surface area contributed by atoms with Gasteiger partial charge in [-0.1, -0.05) is 23.9 Å². The van der Waals surface area contributed by atoms with Crippen LogP contribution in [-0.2, 0) is 11.3 Å². The van der Waals surface area contributed by atoms with Crippen molar-refractivity contribution in [3.63, 3.8) is 0 Å². The minimum Gasteiger partial charge on any atom is -0.351 e. The van der Waals surface area contributed by atoms with Crippen LogP contribution in [-0.4, -0.2) is 16.1 Å². The minimum absolute atomic E-state index is 0.0489. The van der Waals surface area contributed by atoms with Crippen LogP contribution in [0.3, 0.4) is 0 Å². The molecule has 20 heavy (non-hydrogen) atoms. The van der Waals surface area contributed by atoms with Gasteiger partial charge in [-0.3, -0.25) is 4.79 Å². The molecule has 2 aromatic rings. The Morgan fingerprint density at radius 1 is 1.45 bits per heavy atom. The van der Waals surface area contributed by atoms with E-state index in [4.69, 9.17) is 0 Å². The molecule has 2 rings (SSSR count). The first kappa shape index (κ1) is 15.0. The molecule has 3 nitrogen and oxygen atoms in total.